The molecule has 1 aliphatic heterocycles. The molecule has 0 radical (unpaired) electrons. The molecule has 0 amide bonds. The Balaban J connectivity index is 0.00000441. The SMILES string of the molecule is CCNC(=NCCCCCN1CCCCC1)NCCOC.I. The molecule has 5 nitrogen and oxygen atoms in total. The lowest BCUT2D eigenvalue weighted by Crippen LogP contribution is -2.39. The summed E-state index contributed by atoms with van der Waals surface area (Å²) in [5, 5.41) is 6.53. The highest BCUT2D eigenvalue weighted by atomic mass is 127. The lowest BCUT2D eigenvalue weighted by atomic mass is 10.1. The van der Waals surface area contributed by atoms with Gasteiger partial charge in [-0.2, -0.15) is 0 Å². The van der Waals surface area contributed by atoms with Gasteiger partial charge in [0, 0.05) is 26.7 Å². The first kappa shape index (κ1) is 21.9. The van der Waals surface area contributed by atoms with Crippen LogP contribution in [-0.2, 0) is 4.74 Å². The summed E-state index contributed by atoms with van der Waals surface area (Å²) >= 11 is 0. The number of hydrogen-bond donors (Lipinski definition) is 2. The number of nitrogens with one attached hydrogen (secondary N) is 2. The highest BCUT2D eigenvalue weighted by molar-refractivity contribution is 14.0. The fourth-order valence-electron chi connectivity index (χ4n) is 2.61. The van der Waals surface area contributed by atoms with Gasteiger partial charge in [-0.15, -0.1) is 24.0 Å². The summed E-state index contributed by atoms with van der Waals surface area (Å²) in [6.07, 6.45) is 7.97. The first-order valence-corrected chi connectivity index (χ1v) is 8.60. The van der Waals surface area contributed by atoms with Crippen LogP contribution in [0.15, 0.2) is 4.99 Å². The van der Waals surface area contributed by atoms with Gasteiger partial charge in [0.1, 0.15) is 0 Å². The van der Waals surface area contributed by atoms with Gasteiger partial charge in [-0.05, 0) is 52.2 Å². The van der Waals surface area contributed by atoms with E-state index in [4.69, 9.17) is 4.74 Å². The van der Waals surface area contributed by atoms with Gasteiger partial charge in [-0.1, -0.05) is 12.8 Å². The van der Waals surface area contributed by atoms with Crippen molar-refractivity contribution in [3.05, 3.63) is 0 Å². The van der Waals surface area contributed by atoms with Crippen molar-refractivity contribution in [2.45, 2.75) is 45.4 Å². The average Bonchev–Trinajstić information content (AvgIpc) is 2.52. The second kappa shape index (κ2) is 15.8. The van der Waals surface area contributed by atoms with Crippen LogP contribution in [0.2, 0.25) is 0 Å². The maximum atomic E-state index is 5.04. The molecule has 132 valence electrons. The van der Waals surface area contributed by atoms with Gasteiger partial charge in [0.05, 0.1) is 6.61 Å². The average molecular weight is 426 g/mol. The van der Waals surface area contributed by atoms with Crippen molar-refractivity contribution in [1.29, 1.82) is 0 Å². The van der Waals surface area contributed by atoms with Crippen LogP contribution in [0.5, 0.6) is 0 Å². The van der Waals surface area contributed by atoms with E-state index >= 15 is 0 Å². The summed E-state index contributed by atoms with van der Waals surface area (Å²) in [5.74, 6) is 0.908. The number of halogens is 1. The summed E-state index contributed by atoms with van der Waals surface area (Å²) in [6, 6.07) is 0. The number of methoxy groups -OCH3 is 1. The molecule has 0 aromatic heterocycles. The molecule has 0 atom stereocenters. The number of ether oxygens (including phenoxy) is 1. The predicted molar refractivity (Wildman–Crippen MR) is 105 cm³/mol. The Bertz CT molecular complexity index is 271. The standard InChI is InChI=1S/C16H34N4O.HI/c1-3-17-16(19-11-15-21-2)18-10-6-4-7-12-20-13-8-5-9-14-20;/h3-15H2,1-2H3,(H2,17,18,19);1H. The second-order valence-corrected chi connectivity index (χ2v) is 5.64. The molecule has 1 fully saturated rings. The number of guanidine groups is 1. The van der Waals surface area contributed by atoms with Crippen molar-refractivity contribution in [3.63, 3.8) is 0 Å². The minimum absolute atomic E-state index is 0. The van der Waals surface area contributed by atoms with Crippen molar-refractivity contribution >= 4 is 29.9 Å². The van der Waals surface area contributed by atoms with E-state index in [9.17, 15) is 0 Å². The van der Waals surface area contributed by atoms with Crippen LogP contribution in [0.3, 0.4) is 0 Å². The van der Waals surface area contributed by atoms with Gasteiger partial charge in [-0.3, -0.25) is 4.99 Å². The molecular formula is C16H35IN4O. The highest BCUT2D eigenvalue weighted by Gasteiger charge is 2.08. The maximum Gasteiger partial charge on any atom is 0.191 e. The van der Waals surface area contributed by atoms with Crippen LogP contribution in [0.4, 0.5) is 0 Å². The number of rotatable bonds is 10. The van der Waals surface area contributed by atoms with E-state index < -0.39 is 0 Å². The Hall–Kier alpha value is -0.0800. The number of piperidine rings is 1. The van der Waals surface area contributed by atoms with E-state index in [-0.39, 0.29) is 24.0 Å². The Morgan fingerprint density at radius 2 is 1.86 bits per heavy atom. The van der Waals surface area contributed by atoms with E-state index in [2.05, 4.69) is 27.4 Å². The minimum Gasteiger partial charge on any atom is -0.383 e. The van der Waals surface area contributed by atoms with Gasteiger partial charge >= 0.3 is 0 Å². The smallest absolute Gasteiger partial charge is 0.191 e. The zero-order valence-corrected chi connectivity index (χ0v) is 16.7. The quantitative estimate of drug-likeness (QED) is 0.244. The van der Waals surface area contributed by atoms with E-state index in [0.29, 0.717) is 6.61 Å². The Labute approximate surface area is 153 Å². The third-order valence-electron chi connectivity index (χ3n) is 3.79. The molecule has 1 saturated heterocycles. The summed E-state index contributed by atoms with van der Waals surface area (Å²) in [4.78, 5) is 7.21. The van der Waals surface area contributed by atoms with Gasteiger partial charge in [0.25, 0.3) is 0 Å². The topological polar surface area (TPSA) is 48.9 Å². The van der Waals surface area contributed by atoms with E-state index in [1.165, 1.54) is 58.2 Å². The number of hydrogen-bond acceptors (Lipinski definition) is 3. The number of likely N-dealkylation sites (tertiary alicyclic amines) is 1. The van der Waals surface area contributed by atoms with Crippen molar-refractivity contribution in [2.75, 3.05) is 53.0 Å². The summed E-state index contributed by atoms with van der Waals surface area (Å²) in [6.45, 7) is 9.30. The van der Waals surface area contributed by atoms with E-state index in [1.807, 2.05) is 0 Å². The largest absolute Gasteiger partial charge is 0.383 e. The monoisotopic (exact) mass is 426 g/mol. The third kappa shape index (κ3) is 11.5. The highest BCUT2D eigenvalue weighted by Crippen LogP contribution is 2.09. The zero-order valence-electron chi connectivity index (χ0n) is 14.4. The van der Waals surface area contributed by atoms with Gasteiger partial charge in [0.2, 0.25) is 0 Å². The molecule has 2 N–H and O–H groups in total. The van der Waals surface area contributed by atoms with Crippen molar-refractivity contribution in [3.8, 4) is 0 Å². The maximum absolute atomic E-state index is 5.04. The van der Waals surface area contributed by atoms with Crippen LogP contribution >= 0.6 is 24.0 Å². The van der Waals surface area contributed by atoms with Crippen LogP contribution in [0, 0.1) is 0 Å². The summed E-state index contributed by atoms with van der Waals surface area (Å²) in [7, 11) is 1.72. The summed E-state index contributed by atoms with van der Waals surface area (Å²) in [5.41, 5.74) is 0. The van der Waals surface area contributed by atoms with Crippen molar-refractivity contribution in [2.24, 2.45) is 4.99 Å². The van der Waals surface area contributed by atoms with E-state index in [1.54, 1.807) is 7.11 Å². The molecule has 0 unspecified atom stereocenters. The molecule has 0 aromatic rings. The molecule has 6 heteroatoms. The van der Waals surface area contributed by atoms with Gasteiger partial charge < -0.3 is 20.3 Å². The van der Waals surface area contributed by atoms with Crippen LogP contribution < -0.4 is 10.6 Å². The van der Waals surface area contributed by atoms with Crippen molar-refractivity contribution in [1.82, 2.24) is 15.5 Å². The molecule has 0 aliphatic carbocycles. The number of nitrogens with zero attached hydrogens (tertiary/aromatic N) is 2. The van der Waals surface area contributed by atoms with Gasteiger partial charge in [0.15, 0.2) is 5.96 Å². The zero-order chi connectivity index (χ0) is 15.2. The Kier molecular flexibility index (Phi) is 15.7. The molecular weight excluding hydrogens is 391 g/mol. The summed E-state index contributed by atoms with van der Waals surface area (Å²) < 4.78 is 5.04. The molecule has 0 spiro atoms. The van der Waals surface area contributed by atoms with Crippen LogP contribution in [-0.4, -0.2) is 63.8 Å². The normalized spacial score (nSPS) is 16.2. The fraction of sp³-hybridized carbons (Fsp3) is 0.938. The fourth-order valence-corrected chi connectivity index (χ4v) is 2.61. The minimum atomic E-state index is 0. The first-order chi connectivity index (χ1) is 10.4. The molecule has 22 heavy (non-hydrogen) atoms. The number of unbranched alkanes of at least 4 members (excludes halogenated alkanes) is 2. The van der Waals surface area contributed by atoms with E-state index in [0.717, 1.165) is 25.6 Å². The molecule has 0 aromatic carbocycles. The second-order valence-electron chi connectivity index (χ2n) is 5.64. The molecule has 1 aliphatic rings. The van der Waals surface area contributed by atoms with Crippen LogP contribution in [0.1, 0.15) is 45.4 Å². The first-order valence-electron chi connectivity index (χ1n) is 8.60. The molecule has 1 heterocycles. The molecule has 0 saturated carbocycles. The Morgan fingerprint density at radius 3 is 2.55 bits per heavy atom. The third-order valence-corrected chi connectivity index (χ3v) is 3.79. The van der Waals surface area contributed by atoms with Crippen molar-refractivity contribution < 1.29 is 4.74 Å². The lowest BCUT2D eigenvalue weighted by molar-refractivity contribution is 0.203. The lowest BCUT2D eigenvalue weighted by Gasteiger charge is -2.26. The molecule has 1 rings (SSSR count). The Morgan fingerprint density at radius 1 is 1.09 bits per heavy atom. The number of aliphatic imine (C=N–C) groups is 1. The molecule has 0 bridgehead atoms. The van der Waals surface area contributed by atoms with Gasteiger partial charge in [-0.25, -0.2) is 0 Å². The van der Waals surface area contributed by atoms with Crippen LogP contribution in [0.25, 0.3) is 0 Å². The predicted octanol–water partition coefficient (Wildman–Crippen LogP) is 2.46.